The fraction of sp³-hybridized carbons (Fsp3) is 0.647. The van der Waals surface area contributed by atoms with Gasteiger partial charge in [0.05, 0.1) is 0 Å². The number of hydrazine groups is 1. The van der Waals surface area contributed by atoms with Crippen LogP contribution in [0.4, 0.5) is 0 Å². The molecule has 20 heavy (non-hydrogen) atoms. The molecule has 1 aromatic rings. The standard InChI is InChI=1S/C17H26N2S/c1-17(10-5-11-20-17)16(19-18)12-14-8-4-7-13-6-2-3-9-15(13)14/h2-3,6,9,14,16,19H,4-5,7-8,10-12,18H2,1H3. The molecule has 110 valence electrons. The molecule has 1 fully saturated rings. The fourth-order valence-corrected chi connectivity index (χ4v) is 5.36. The number of nitrogens with one attached hydrogen (secondary N) is 1. The third-order valence-electron chi connectivity index (χ3n) is 5.20. The Bertz CT molecular complexity index is 454. The van der Waals surface area contributed by atoms with E-state index in [2.05, 4.69) is 48.4 Å². The van der Waals surface area contributed by atoms with Crippen LogP contribution < -0.4 is 11.3 Å². The van der Waals surface area contributed by atoms with Crippen molar-refractivity contribution in [1.82, 2.24) is 5.43 Å². The highest BCUT2D eigenvalue weighted by Crippen LogP contribution is 2.44. The summed E-state index contributed by atoms with van der Waals surface area (Å²) in [5.74, 6) is 7.88. The van der Waals surface area contributed by atoms with Crippen molar-refractivity contribution in [3.05, 3.63) is 35.4 Å². The predicted molar refractivity (Wildman–Crippen MR) is 87.9 cm³/mol. The van der Waals surface area contributed by atoms with E-state index < -0.39 is 0 Å². The molecule has 3 rings (SSSR count). The molecule has 0 saturated carbocycles. The molecule has 0 spiro atoms. The summed E-state index contributed by atoms with van der Waals surface area (Å²) >= 11 is 2.10. The second kappa shape index (κ2) is 6.08. The van der Waals surface area contributed by atoms with Gasteiger partial charge in [-0.3, -0.25) is 11.3 Å². The smallest absolute Gasteiger partial charge is 0.0360 e. The van der Waals surface area contributed by atoms with Gasteiger partial charge in [-0.2, -0.15) is 11.8 Å². The van der Waals surface area contributed by atoms with Crippen molar-refractivity contribution in [3.63, 3.8) is 0 Å². The SMILES string of the molecule is CC1(C(CC2CCCc3ccccc32)NN)CCCS1. The van der Waals surface area contributed by atoms with E-state index in [1.54, 1.807) is 11.1 Å². The first-order chi connectivity index (χ1) is 9.73. The minimum Gasteiger partial charge on any atom is -0.271 e. The van der Waals surface area contributed by atoms with E-state index in [9.17, 15) is 0 Å². The van der Waals surface area contributed by atoms with E-state index in [1.807, 2.05) is 0 Å². The first-order valence-electron chi connectivity index (χ1n) is 7.91. The minimum atomic E-state index is 0.321. The van der Waals surface area contributed by atoms with Crippen molar-refractivity contribution in [3.8, 4) is 0 Å². The zero-order valence-corrected chi connectivity index (χ0v) is 13.2. The minimum absolute atomic E-state index is 0.321. The van der Waals surface area contributed by atoms with Crippen molar-refractivity contribution < 1.29 is 0 Å². The maximum absolute atomic E-state index is 5.91. The molecule has 1 saturated heterocycles. The van der Waals surface area contributed by atoms with Gasteiger partial charge in [0.2, 0.25) is 0 Å². The lowest BCUT2D eigenvalue weighted by Gasteiger charge is -2.37. The maximum atomic E-state index is 5.91. The highest BCUT2D eigenvalue weighted by Gasteiger charge is 2.39. The van der Waals surface area contributed by atoms with E-state index in [1.165, 1.54) is 44.3 Å². The molecule has 3 heteroatoms. The zero-order chi connectivity index (χ0) is 14.0. The Morgan fingerprint density at radius 3 is 3.00 bits per heavy atom. The number of thioether (sulfide) groups is 1. The van der Waals surface area contributed by atoms with Crippen LogP contribution in [0, 0.1) is 0 Å². The summed E-state index contributed by atoms with van der Waals surface area (Å²) in [5.41, 5.74) is 6.28. The summed E-state index contributed by atoms with van der Waals surface area (Å²) in [6.45, 7) is 2.39. The molecule has 0 radical (unpaired) electrons. The Labute approximate surface area is 126 Å². The Morgan fingerprint density at radius 2 is 2.25 bits per heavy atom. The van der Waals surface area contributed by atoms with Gasteiger partial charge in [-0.25, -0.2) is 0 Å². The summed E-state index contributed by atoms with van der Waals surface area (Å²) in [5, 5.41) is 0. The lowest BCUT2D eigenvalue weighted by molar-refractivity contribution is 0.347. The molecule has 3 N–H and O–H groups in total. The van der Waals surface area contributed by atoms with Crippen LogP contribution in [-0.2, 0) is 6.42 Å². The Hall–Kier alpha value is -0.510. The highest BCUT2D eigenvalue weighted by atomic mass is 32.2. The highest BCUT2D eigenvalue weighted by molar-refractivity contribution is 8.00. The molecule has 3 unspecified atom stereocenters. The van der Waals surface area contributed by atoms with Crippen molar-refractivity contribution in [2.75, 3.05) is 5.75 Å². The number of rotatable bonds is 4. The summed E-state index contributed by atoms with van der Waals surface area (Å²) in [6, 6.07) is 9.42. The molecule has 1 heterocycles. The number of nitrogens with two attached hydrogens (primary N) is 1. The van der Waals surface area contributed by atoms with E-state index in [-0.39, 0.29) is 0 Å². The molecule has 0 bridgehead atoms. The summed E-state index contributed by atoms with van der Waals surface area (Å²) in [6.07, 6.45) is 7.69. The molecule has 0 amide bonds. The van der Waals surface area contributed by atoms with Crippen LogP contribution in [0.1, 0.15) is 56.1 Å². The quantitative estimate of drug-likeness (QED) is 0.657. The maximum Gasteiger partial charge on any atom is 0.0360 e. The first-order valence-corrected chi connectivity index (χ1v) is 8.89. The summed E-state index contributed by atoms with van der Waals surface area (Å²) < 4.78 is 0.321. The van der Waals surface area contributed by atoms with E-state index in [0.717, 1.165) is 0 Å². The van der Waals surface area contributed by atoms with Crippen LogP contribution in [0.3, 0.4) is 0 Å². The topological polar surface area (TPSA) is 38.0 Å². The van der Waals surface area contributed by atoms with Gasteiger partial charge in [-0.15, -0.1) is 0 Å². The van der Waals surface area contributed by atoms with Gasteiger partial charge in [-0.05, 0) is 68.2 Å². The second-order valence-corrected chi connectivity index (χ2v) is 8.14. The molecule has 1 aliphatic heterocycles. The monoisotopic (exact) mass is 290 g/mol. The van der Waals surface area contributed by atoms with Gasteiger partial charge in [0.25, 0.3) is 0 Å². The van der Waals surface area contributed by atoms with Crippen molar-refractivity contribution >= 4 is 11.8 Å². The van der Waals surface area contributed by atoms with E-state index >= 15 is 0 Å². The Kier molecular flexibility index (Phi) is 4.39. The van der Waals surface area contributed by atoms with Gasteiger partial charge in [0.15, 0.2) is 0 Å². The lowest BCUT2D eigenvalue weighted by Crippen LogP contribution is -2.49. The average molecular weight is 290 g/mol. The van der Waals surface area contributed by atoms with Crippen LogP contribution in [0.5, 0.6) is 0 Å². The molecule has 1 aromatic carbocycles. The van der Waals surface area contributed by atoms with E-state index in [0.29, 0.717) is 16.7 Å². The molecular formula is C17H26N2S. The number of hydrogen-bond acceptors (Lipinski definition) is 3. The van der Waals surface area contributed by atoms with Crippen LogP contribution in [0.25, 0.3) is 0 Å². The van der Waals surface area contributed by atoms with Gasteiger partial charge >= 0.3 is 0 Å². The molecule has 2 aliphatic rings. The van der Waals surface area contributed by atoms with Gasteiger partial charge in [0, 0.05) is 10.8 Å². The van der Waals surface area contributed by atoms with Crippen molar-refractivity contribution in [1.29, 1.82) is 0 Å². The van der Waals surface area contributed by atoms with Gasteiger partial charge in [0.1, 0.15) is 0 Å². The normalized spacial score (nSPS) is 31.0. The average Bonchev–Trinajstić information content (AvgIpc) is 2.92. The number of hydrogen-bond donors (Lipinski definition) is 2. The van der Waals surface area contributed by atoms with Crippen LogP contribution in [0.2, 0.25) is 0 Å². The zero-order valence-electron chi connectivity index (χ0n) is 12.4. The Morgan fingerprint density at radius 1 is 1.40 bits per heavy atom. The van der Waals surface area contributed by atoms with Crippen LogP contribution in [0.15, 0.2) is 24.3 Å². The number of benzene rings is 1. The molecule has 1 aliphatic carbocycles. The van der Waals surface area contributed by atoms with Crippen LogP contribution >= 0.6 is 11.8 Å². The summed E-state index contributed by atoms with van der Waals surface area (Å²) in [4.78, 5) is 0. The van der Waals surface area contributed by atoms with Crippen molar-refractivity contribution in [2.24, 2.45) is 5.84 Å². The molecule has 3 atom stereocenters. The van der Waals surface area contributed by atoms with Crippen molar-refractivity contribution in [2.45, 2.75) is 62.2 Å². The predicted octanol–water partition coefficient (Wildman–Crippen LogP) is 3.61. The van der Waals surface area contributed by atoms with Crippen LogP contribution in [-0.4, -0.2) is 16.5 Å². The fourth-order valence-electron chi connectivity index (χ4n) is 3.95. The molecule has 0 aromatic heterocycles. The molecular weight excluding hydrogens is 264 g/mol. The third kappa shape index (κ3) is 2.76. The first kappa shape index (κ1) is 14.4. The summed E-state index contributed by atoms with van der Waals surface area (Å²) in [7, 11) is 0. The number of aryl methyl sites for hydroxylation is 1. The van der Waals surface area contributed by atoms with Gasteiger partial charge in [-0.1, -0.05) is 24.3 Å². The van der Waals surface area contributed by atoms with E-state index in [4.69, 9.17) is 5.84 Å². The Balaban J connectivity index is 1.77. The van der Waals surface area contributed by atoms with Gasteiger partial charge < -0.3 is 0 Å². The number of fused-ring (bicyclic) bond motifs is 1. The lowest BCUT2D eigenvalue weighted by atomic mass is 9.77. The second-order valence-electron chi connectivity index (χ2n) is 6.51. The third-order valence-corrected chi connectivity index (χ3v) is 6.84. The molecule has 2 nitrogen and oxygen atoms in total. The largest absolute Gasteiger partial charge is 0.271 e.